The summed E-state index contributed by atoms with van der Waals surface area (Å²) in [6.07, 6.45) is 1.20. The Bertz CT molecular complexity index is 565. The summed E-state index contributed by atoms with van der Waals surface area (Å²) in [7, 11) is 1.86. The van der Waals surface area contributed by atoms with E-state index in [4.69, 9.17) is 0 Å². The third-order valence-corrected chi connectivity index (χ3v) is 5.16. The number of aryl methyl sites for hydroxylation is 1. The highest BCUT2D eigenvalue weighted by molar-refractivity contribution is 9.10. The lowest BCUT2D eigenvalue weighted by Gasteiger charge is -2.19. The van der Waals surface area contributed by atoms with Crippen LogP contribution in [0.1, 0.15) is 23.3 Å². The number of fused-ring (bicyclic) bond motifs is 1. The molecule has 0 saturated heterocycles. The molecule has 0 spiro atoms. The quantitative estimate of drug-likeness (QED) is 0.922. The molecule has 3 rings (SSSR count). The number of hydrogen-bond acceptors (Lipinski definition) is 3. The van der Waals surface area contributed by atoms with Crippen LogP contribution in [0.15, 0.2) is 39.8 Å². The number of rotatable bonds is 2. The molecule has 2 atom stereocenters. The molecule has 2 aromatic rings. The molecule has 1 aliphatic rings. The monoisotopic (exact) mass is 324 g/mol. The van der Waals surface area contributed by atoms with Crippen LogP contribution < -0.4 is 0 Å². The van der Waals surface area contributed by atoms with Gasteiger partial charge in [-0.25, -0.2) is 0 Å². The van der Waals surface area contributed by atoms with Gasteiger partial charge in [0.25, 0.3) is 0 Å². The summed E-state index contributed by atoms with van der Waals surface area (Å²) in [5.41, 5.74) is 2.08. The van der Waals surface area contributed by atoms with Crippen molar-refractivity contribution in [2.45, 2.75) is 16.9 Å². The molecular weight excluding hydrogens is 312 g/mol. The largest absolute Gasteiger partial charge is 0.386 e. The summed E-state index contributed by atoms with van der Waals surface area (Å²) in [6, 6.07) is 8.29. The third kappa shape index (κ3) is 1.90. The zero-order valence-corrected chi connectivity index (χ0v) is 12.3. The van der Waals surface area contributed by atoms with E-state index in [0.29, 0.717) is 0 Å². The molecule has 0 saturated carbocycles. The average molecular weight is 325 g/mol. The highest BCUT2D eigenvalue weighted by atomic mass is 79.9. The van der Waals surface area contributed by atoms with Crippen molar-refractivity contribution in [3.05, 3.63) is 46.2 Å². The van der Waals surface area contributed by atoms with Crippen molar-refractivity contribution in [3.63, 3.8) is 0 Å². The fourth-order valence-electron chi connectivity index (χ4n) is 2.39. The first-order chi connectivity index (χ1) is 8.68. The zero-order chi connectivity index (χ0) is 12.7. The molecule has 5 heteroatoms. The molecular formula is C13H13BrN2OS. The molecule has 0 aliphatic carbocycles. The topological polar surface area (TPSA) is 38.0 Å². The number of thioether (sulfide) groups is 1. The first-order valence-corrected chi connectivity index (χ1v) is 7.53. The van der Waals surface area contributed by atoms with Gasteiger partial charge in [0.05, 0.1) is 16.4 Å². The molecule has 2 heterocycles. The summed E-state index contributed by atoms with van der Waals surface area (Å²) >= 11 is 5.26. The van der Waals surface area contributed by atoms with Gasteiger partial charge >= 0.3 is 0 Å². The number of aliphatic hydroxyl groups is 1. The maximum atomic E-state index is 10.6. The van der Waals surface area contributed by atoms with Crippen molar-refractivity contribution >= 4 is 27.7 Å². The summed E-state index contributed by atoms with van der Waals surface area (Å²) < 4.78 is 2.60. The normalized spacial score (nSPS) is 19.8. The van der Waals surface area contributed by atoms with Crippen LogP contribution in [0, 0.1) is 0 Å². The summed E-state index contributed by atoms with van der Waals surface area (Å²) in [5, 5.41) is 14.8. The lowest BCUT2D eigenvalue weighted by atomic mass is 9.93. The highest BCUT2D eigenvalue weighted by Crippen LogP contribution is 2.46. The Labute approximate surface area is 118 Å². The number of aliphatic hydroxyl groups excluding tert-OH is 1. The van der Waals surface area contributed by atoms with Crippen molar-refractivity contribution in [1.82, 2.24) is 9.78 Å². The van der Waals surface area contributed by atoms with Crippen molar-refractivity contribution < 1.29 is 5.11 Å². The van der Waals surface area contributed by atoms with Gasteiger partial charge in [-0.2, -0.15) is 5.10 Å². The SMILES string of the molecule is Cn1ncc(Br)c1C(O)C1CSc2ccccc21. The minimum absolute atomic E-state index is 0.137. The molecule has 94 valence electrons. The smallest absolute Gasteiger partial charge is 0.104 e. The molecule has 1 aliphatic heterocycles. The Hall–Kier alpha value is -0.780. The Morgan fingerprint density at radius 2 is 2.28 bits per heavy atom. The van der Waals surface area contributed by atoms with Gasteiger partial charge in [-0.15, -0.1) is 11.8 Å². The van der Waals surface area contributed by atoms with Crippen LogP contribution in [-0.4, -0.2) is 20.6 Å². The molecule has 0 bridgehead atoms. The number of halogens is 1. The van der Waals surface area contributed by atoms with Gasteiger partial charge in [0.2, 0.25) is 0 Å². The molecule has 0 amide bonds. The third-order valence-electron chi connectivity index (χ3n) is 3.34. The molecule has 2 unspecified atom stereocenters. The van der Waals surface area contributed by atoms with Gasteiger partial charge in [0.15, 0.2) is 0 Å². The minimum atomic E-state index is -0.525. The van der Waals surface area contributed by atoms with Crippen LogP contribution >= 0.6 is 27.7 Å². The summed E-state index contributed by atoms with van der Waals surface area (Å²) in [5.74, 6) is 1.05. The van der Waals surface area contributed by atoms with Crippen molar-refractivity contribution in [2.75, 3.05) is 5.75 Å². The van der Waals surface area contributed by atoms with E-state index < -0.39 is 6.10 Å². The zero-order valence-electron chi connectivity index (χ0n) is 9.88. The van der Waals surface area contributed by atoms with E-state index in [0.717, 1.165) is 15.9 Å². The Kier molecular flexibility index (Phi) is 3.21. The fraction of sp³-hybridized carbons (Fsp3) is 0.308. The summed E-state index contributed by atoms with van der Waals surface area (Å²) in [4.78, 5) is 1.28. The predicted octanol–water partition coefficient (Wildman–Crippen LogP) is 3.11. The van der Waals surface area contributed by atoms with Crippen molar-refractivity contribution in [2.24, 2.45) is 7.05 Å². The molecule has 1 aromatic heterocycles. The van der Waals surface area contributed by atoms with E-state index in [1.807, 2.05) is 30.9 Å². The molecule has 3 nitrogen and oxygen atoms in total. The number of benzene rings is 1. The van der Waals surface area contributed by atoms with E-state index >= 15 is 0 Å². The van der Waals surface area contributed by atoms with Crippen molar-refractivity contribution in [1.29, 1.82) is 0 Å². The maximum Gasteiger partial charge on any atom is 0.104 e. The lowest BCUT2D eigenvalue weighted by molar-refractivity contribution is 0.143. The molecule has 0 fully saturated rings. The van der Waals surface area contributed by atoms with Gasteiger partial charge < -0.3 is 5.11 Å². The van der Waals surface area contributed by atoms with E-state index in [1.54, 1.807) is 10.9 Å². The van der Waals surface area contributed by atoms with Gasteiger partial charge in [0.1, 0.15) is 6.10 Å². The van der Waals surface area contributed by atoms with Crippen LogP contribution in [0.25, 0.3) is 0 Å². The number of hydrogen-bond donors (Lipinski definition) is 1. The van der Waals surface area contributed by atoms with E-state index in [1.165, 1.54) is 10.5 Å². The second-order valence-electron chi connectivity index (χ2n) is 4.40. The van der Waals surface area contributed by atoms with Crippen LogP contribution in [-0.2, 0) is 7.05 Å². The van der Waals surface area contributed by atoms with Crippen LogP contribution in [0.3, 0.4) is 0 Å². The van der Waals surface area contributed by atoms with Crippen LogP contribution in [0.2, 0.25) is 0 Å². The molecule has 18 heavy (non-hydrogen) atoms. The number of aromatic nitrogens is 2. The van der Waals surface area contributed by atoms with E-state index in [2.05, 4.69) is 33.2 Å². The Morgan fingerprint density at radius 1 is 1.50 bits per heavy atom. The minimum Gasteiger partial charge on any atom is -0.386 e. The van der Waals surface area contributed by atoms with Gasteiger partial charge in [-0.3, -0.25) is 4.68 Å². The van der Waals surface area contributed by atoms with Gasteiger partial charge in [-0.1, -0.05) is 18.2 Å². The fourth-order valence-corrected chi connectivity index (χ4v) is 4.26. The summed E-state index contributed by atoms with van der Waals surface area (Å²) in [6.45, 7) is 0. The van der Waals surface area contributed by atoms with E-state index in [-0.39, 0.29) is 5.92 Å². The Morgan fingerprint density at radius 3 is 3.00 bits per heavy atom. The first kappa shape index (κ1) is 12.3. The Balaban J connectivity index is 1.98. The molecule has 0 radical (unpaired) electrons. The van der Waals surface area contributed by atoms with Gasteiger partial charge in [0, 0.05) is 23.6 Å². The van der Waals surface area contributed by atoms with Crippen molar-refractivity contribution in [3.8, 4) is 0 Å². The maximum absolute atomic E-state index is 10.6. The molecule has 1 N–H and O–H groups in total. The van der Waals surface area contributed by atoms with E-state index in [9.17, 15) is 5.11 Å². The first-order valence-electron chi connectivity index (χ1n) is 5.75. The predicted molar refractivity (Wildman–Crippen MR) is 75.8 cm³/mol. The second kappa shape index (κ2) is 4.72. The van der Waals surface area contributed by atoms with Gasteiger partial charge in [-0.05, 0) is 27.6 Å². The highest BCUT2D eigenvalue weighted by Gasteiger charge is 2.32. The second-order valence-corrected chi connectivity index (χ2v) is 6.32. The van der Waals surface area contributed by atoms with Crippen LogP contribution in [0.5, 0.6) is 0 Å². The molecule has 1 aromatic carbocycles. The number of nitrogens with zero attached hydrogens (tertiary/aromatic N) is 2. The average Bonchev–Trinajstić information content (AvgIpc) is 2.93. The lowest BCUT2D eigenvalue weighted by Crippen LogP contribution is -2.14. The van der Waals surface area contributed by atoms with Crippen LogP contribution in [0.4, 0.5) is 0 Å². The standard InChI is InChI=1S/C13H13BrN2OS/c1-16-12(10(14)6-15-16)13(17)9-7-18-11-5-3-2-4-8(9)11/h2-6,9,13,17H,7H2,1H3.